The van der Waals surface area contributed by atoms with Crippen LogP contribution in [-0.2, 0) is 11.3 Å². The standard InChI is InChI=1S/C18H20ClNO3/c19-15-9-5-4-8-14(15)18(21)17-16(10-11-20(17)22)23-12-13-6-2-1-3-7-13/h1-9,16-18,21-22H,10-12H2/t16-,17-,18?/m0/s1. The normalized spacial score (nSPS) is 23.1. The van der Waals surface area contributed by atoms with E-state index in [0.717, 1.165) is 10.6 Å². The van der Waals surface area contributed by atoms with E-state index < -0.39 is 12.1 Å². The van der Waals surface area contributed by atoms with Gasteiger partial charge in [-0.05, 0) is 18.1 Å². The molecule has 2 aromatic rings. The summed E-state index contributed by atoms with van der Waals surface area (Å²) in [5.41, 5.74) is 1.67. The average molecular weight is 334 g/mol. The van der Waals surface area contributed by atoms with Gasteiger partial charge in [0.15, 0.2) is 0 Å². The van der Waals surface area contributed by atoms with Gasteiger partial charge in [0.25, 0.3) is 0 Å². The molecule has 0 saturated carbocycles. The van der Waals surface area contributed by atoms with Crippen LogP contribution in [0.25, 0.3) is 0 Å². The largest absolute Gasteiger partial charge is 0.387 e. The van der Waals surface area contributed by atoms with E-state index in [1.807, 2.05) is 42.5 Å². The van der Waals surface area contributed by atoms with Crippen molar-refractivity contribution >= 4 is 11.6 Å². The molecule has 0 aromatic heterocycles. The number of aliphatic hydroxyl groups excluding tert-OH is 1. The molecule has 0 aliphatic carbocycles. The summed E-state index contributed by atoms with van der Waals surface area (Å²) in [6.07, 6.45) is -0.501. The van der Waals surface area contributed by atoms with Crippen molar-refractivity contribution in [1.82, 2.24) is 5.06 Å². The summed E-state index contributed by atoms with van der Waals surface area (Å²) < 4.78 is 5.95. The lowest BCUT2D eigenvalue weighted by Gasteiger charge is -2.29. The van der Waals surface area contributed by atoms with E-state index in [1.54, 1.807) is 12.1 Å². The lowest BCUT2D eigenvalue weighted by molar-refractivity contribution is -0.156. The summed E-state index contributed by atoms with van der Waals surface area (Å²) >= 11 is 6.16. The molecular formula is C18H20ClNO3. The number of benzene rings is 2. The maximum absolute atomic E-state index is 10.7. The number of hydroxylamine groups is 2. The van der Waals surface area contributed by atoms with Crippen LogP contribution in [0.2, 0.25) is 5.02 Å². The molecular weight excluding hydrogens is 314 g/mol. The minimum absolute atomic E-state index is 0.258. The first-order valence-electron chi connectivity index (χ1n) is 7.70. The van der Waals surface area contributed by atoms with E-state index in [0.29, 0.717) is 30.2 Å². The van der Waals surface area contributed by atoms with Gasteiger partial charge in [-0.1, -0.05) is 60.1 Å². The highest BCUT2D eigenvalue weighted by molar-refractivity contribution is 6.31. The summed E-state index contributed by atoms with van der Waals surface area (Å²) in [7, 11) is 0. The zero-order valence-electron chi connectivity index (χ0n) is 12.7. The fraction of sp³-hybridized carbons (Fsp3) is 0.333. The highest BCUT2D eigenvalue weighted by Crippen LogP contribution is 2.33. The minimum Gasteiger partial charge on any atom is -0.387 e. The molecule has 0 radical (unpaired) electrons. The number of hydrogen-bond donors (Lipinski definition) is 2. The van der Waals surface area contributed by atoms with E-state index in [4.69, 9.17) is 16.3 Å². The molecule has 0 spiro atoms. The second-order valence-corrected chi connectivity index (χ2v) is 6.15. The van der Waals surface area contributed by atoms with Crippen LogP contribution in [0.15, 0.2) is 54.6 Å². The quantitative estimate of drug-likeness (QED) is 0.880. The average Bonchev–Trinajstić information content (AvgIpc) is 2.94. The van der Waals surface area contributed by atoms with Gasteiger partial charge in [-0.15, -0.1) is 0 Å². The third-order valence-electron chi connectivity index (χ3n) is 4.22. The molecule has 4 nitrogen and oxygen atoms in total. The van der Waals surface area contributed by atoms with E-state index in [9.17, 15) is 10.3 Å². The van der Waals surface area contributed by atoms with Crippen molar-refractivity contribution in [2.45, 2.75) is 31.3 Å². The Hall–Kier alpha value is -1.43. The molecule has 0 bridgehead atoms. The lowest BCUT2D eigenvalue weighted by atomic mass is 9.99. The number of hydrogen-bond acceptors (Lipinski definition) is 4. The summed E-state index contributed by atoms with van der Waals surface area (Å²) in [4.78, 5) is 0. The van der Waals surface area contributed by atoms with Crippen LogP contribution in [-0.4, -0.2) is 34.1 Å². The predicted octanol–water partition coefficient (Wildman–Crippen LogP) is 3.42. The molecule has 122 valence electrons. The van der Waals surface area contributed by atoms with Crippen molar-refractivity contribution in [3.8, 4) is 0 Å². The van der Waals surface area contributed by atoms with Gasteiger partial charge < -0.3 is 15.1 Å². The second-order valence-electron chi connectivity index (χ2n) is 5.74. The Bertz CT molecular complexity index is 637. The van der Waals surface area contributed by atoms with Gasteiger partial charge in [0, 0.05) is 17.1 Å². The van der Waals surface area contributed by atoms with Crippen molar-refractivity contribution in [1.29, 1.82) is 0 Å². The molecule has 1 unspecified atom stereocenters. The summed E-state index contributed by atoms with van der Waals surface area (Å²) in [6, 6.07) is 16.5. The summed E-state index contributed by atoms with van der Waals surface area (Å²) in [6.45, 7) is 0.913. The number of ether oxygens (including phenoxy) is 1. The maximum atomic E-state index is 10.7. The fourth-order valence-electron chi connectivity index (χ4n) is 3.00. The van der Waals surface area contributed by atoms with E-state index in [2.05, 4.69) is 0 Å². The first-order chi connectivity index (χ1) is 11.2. The number of aliphatic hydroxyl groups is 1. The van der Waals surface area contributed by atoms with Crippen molar-refractivity contribution in [3.63, 3.8) is 0 Å². The van der Waals surface area contributed by atoms with E-state index in [-0.39, 0.29) is 6.10 Å². The van der Waals surface area contributed by atoms with Crippen LogP contribution in [0.3, 0.4) is 0 Å². The molecule has 5 heteroatoms. The Labute approximate surface area is 140 Å². The molecule has 1 saturated heterocycles. The van der Waals surface area contributed by atoms with Crippen molar-refractivity contribution in [2.24, 2.45) is 0 Å². The Morgan fingerprint density at radius 2 is 1.83 bits per heavy atom. The van der Waals surface area contributed by atoms with Crippen molar-refractivity contribution < 1.29 is 15.1 Å². The molecule has 3 atom stereocenters. The van der Waals surface area contributed by atoms with E-state index in [1.165, 1.54) is 0 Å². The maximum Gasteiger partial charge on any atom is 0.101 e. The zero-order valence-corrected chi connectivity index (χ0v) is 13.4. The first kappa shape index (κ1) is 16.4. The van der Waals surface area contributed by atoms with Gasteiger partial charge in [-0.25, -0.2) is 0 Å². The Morgan fingerprint density at radius 3 is 2.57 bits per heavy atom. The summed E-state index contributed by atoms with van der Waals surface area (Å²) in [5, 5.41) is 22.4. The van der Waals surface area contributed by atoms with Crippen molar-refractivity contribution in [2.75, 3.05) is 6.54 Å². The van der Waals surface area contributed by atoms with Gasteiger partial charge in [0.2, 0.25) is 0 Å². The van der Waals surface area contributed by atoms with Crippen LogP contribution in [0.4, 0.5) is 0 Å². The van der Waals surface area contributed by atoms with Crippen LogP contribution in [0, 0.1) is 0 Å². The third kappa shape index (κ3) is 3.74. The molecule has 1 aliphatic heterocycles. The molecule has 23 heavy (non-hydrogen) atoms. The van der Waals surface area contributed by atoms with Gasteiger partial charge >= 0.3 is 0 Å². The van der Waals surface area contributed by atoms with Crippen molar-refractivity contribution in [3.05, 3.63) is 70.7 Å². The first-order valence-corrected chi connectivity index (χ1v) is 8.08. The molecule has 2 N–H and O–H groups in total. The molecule has 1 heterocycles. The van der Waals surface area contributed by atoms with E-state index >= 15 is 0 Å². The molecule has 2 aromatic carbocycles. The van der Waals surface area contributed by atoms with Crippen LogP contribution < -0.4 is 0 Å². The molecule has 3 rings (SSSR count). The van der Waals surface area contributed by atoms with Crippen LogP contribution >= 0.6 is 11.6 Å². The monoisotopic (exact) mass is 333 g/mol. The smallest absolute Gasteiger partial charge is 0.101 e. The highest BCUT2D eigenvalue weighted by atomic mass is 35.5. The number of nitrogens with zero attached hydrogens (tertiary/aromatic N) is 1. The predicted molar refractivity (Wildman–Crippen MR) is 88.3 cm³/mol. The zero-order chi connectivity index (χ0) is 16.2. The van der Waals surface area contributed by atoms with Gasteiger partial charge in [0.1, 0.15) is 6.10 Å². The Kier molecular flexibility index (Phi) is 5.30. The third-order valence-corrected chi connectivity index (χ3v) is 4.57. The fourth-order valence-corrected chi connectivity index (χ4v) is 3.24. The van der Waals surface area contributed by atoms with Gasteiger partial charge in [-0.3, -0.25) is 0 Å². The van der Waals surface area contributed by atoms with Crippen LogP contribution in [0.5, 0.6) is 0 Å². The Morgan fingerprint density at radius 1 is 1.13 bits per heavy atom. The molecule has 1 aliphatic rings. The minimum atomic E-state index is -0.906. The van der Waals surface area contributed by atoms with Gasteiger partial charge in [0.05, 0.1) is 18.8 Å². The number of halogens is 1. The molecule has 1 fully saturated rings. The summed E-state index contributed by atoms with van der Waals surface area (Å²) in [5.74, 6) is 0. The number of rotatable bonds is 5. The topological polar surface area (TPSA) is 52.9 Å². The lowest BCUT2D eigenvalue weighted by Crippen LogP contribution is -2.39. The Balaban J connectivity index is 1.72. The molecule has 0 amide bonds. The van der Waals surface area contributed by atoms with Crippen LogP contribution in [0.1, 0.15) is 23.7 Å². The van der Waals surface area contributed by atoms with Gasteiger partial charge in [-0.2, -0.15) is 5.06 Å². The SMILES string of the molecule is OC(c1ccccc1Cl)[C@@H]1[C@@H](OCc2ccccc2)CCN1O. The highest BCUT2D eigenvalue weighted by Gasteiger charge is 2.40. The second kappa shape index (κ2) is 7.43.